The normalized spacial score (nSPS) is 10.0. The van der Waals surface area contributed by atoms with E-state index in [0.717, 1.165) is 4.90 Å². The van der Waals surface area contributed by atoms with Crippen LogP contribution in [0.1, 0.15) is 0 Å². The molecule has 1 aromatic carbocycles. The highest BCUT2D eigenvalue weighted by Gasteiger charge is 2.13. The summed E-state index contributed by atoms with van der Waals surface area (Å²) in [5.74, 6) is -1.08. The van der Waals surface area contributed by atoms with Gasteiger partial charge in [-0.05, 0) is 18.2 Å². The fraction of sp³-hybridized carbons (Fsp3) is 0.222. The van der Waals surface area contributed by atoms with E-state index in [0.29, 0.717) is 5.02 Å². The first-order chi connectivity index (χ1) is 6.56. The van der Waals surface area contributed by atoms with E-state index in [4.69, 9.17) is 23.2 Å². The minimum Gasteiger partial charge on any atom is -0.312 e. The SMILES string of the molecule is CN(C(=O)CCl)c1cc(Cl)ccc1F. The molecular weight excluding hydrogens is 228 g/mol. The van der Waals surface area contributed by atoms with Crippen molar-refractivity contribution < 1.29 is 9.18 Å². The Labute approximate surface area is 91.2 Å². The molecule has 14 heavy (non-hydrogen) atoms. The molecular formula is C9H8Cl2FNO. The molecule has 0 spiro atoms. The maximum atomic E-state index is 13.2. The summed E-state index contributed by atoms with van der Waals surface area (Å²) in [6.07, 6.45) is 0. The van der Waals surface area contributed by atoms with Gasteiger partial charge in [0.2, 0.25) is 5.91 Å². The Hall–Kier alpha value is -0.800. The fourth-order valence-corrected chi connectivity index (χ4v) is 1.31. The minimum atomic E-state index is -0.504. The summed E-state index contributed by atoms with van der Waals surface area (Å²) in [5.41, 5.74) is 0.128. The van der Waals surface area contributed by atoms with E-state index in [1.165, 1.54) is 25.2 Å². The first kappa shape index (κ1) is 11.3. The molecule has 0 aliphatic rings. The number of alkyl halides is 1. The summed E-state index contributed by atoms with van der Waals surface area (Å²) in [7, 11) is 1.44. The summed E-state index contributed by atoms with van der Waals surface area (Å²) in [5, 5.41) is 0.371. The molecule has 0 heterocycles. The third kappa shape index (κ3) is 2.36. The van der Waals surface area contributed by atoms with Crippen LogP contribution in [0.3, 0.4) is 0 Å². The van der Waals surface area contributed by atoms with Crippen molar-refractivity contribution in [2.45, 2.75) is 0 Å². The van der Waals surface area contributed by atoms with Crippen molar-refractivity contribution in [2.75, 3.05) is 17.8 Å². The highest BCUT2D eigenvalue weighted by Crippen LogP contribution is 2.22. The number of rotatable bonds is 2. The van der Waals surface area contributed by atoms with Crippen LogP contribution < -0.4 is 4.90 Å². The molecule has 0 N–H and O–H groups in total. The molecule has 0 saturated heterocycles. The maximum Gasteiger partial charge on any atom is 0.241 e. The molecule has 1 amide bonds. The second-order valence-electron chi connectivity index (χ2n) is 2.68. The Kier molecular flexibility index (Phi) is 3.72. The molecule has 0 fully saturated rings. The zero-order valence-corrected chi connectivity index (χ0v) is 8.94. The van der Waals surface area contributed by atoms with E-state index in [2.05, 4.69) is 0 Å². The average molecular weight is 236 g/mol. The molecule has 76 valence electrons. The molecule has 0 bridgehead atoms. The molecule has 0 aromatic heterocycles. The largest absolute Gasteiger partial charge is 0.312 e. The summed E-state index contributed by atoms with van der Waals surface area (Å²) in [6.45, 7) is 0. The molecule has 0 saturated carbocycles. The van der Waals surface area contributed by atoms with Crippen LogP contribution in [0.2, 0.25) is 5.02 Å². The van der Waals surface area contributed by atoms with Gasteiger partial charge < -0.3 is 4.90 Å². The quantitative estimate of drug-likeness (QED) is 0.723. The van der Waals surface area contributed by atoms with E-state index in [9.17, 15) is 9.18 Å². The van der Waals surface area contributed by atoms with Crippen molar-refractivity contribution in [2.24, 2.45) is 0 Å². The smallest absolute Gasteiger partial charge is 0.241 e. The summed E-state index contributed by atoms with van der Waals surface area (Å²) in [4.78, 5) is 12.3. The van der Waals surface area contributed by atoms with Gasteiger partial charge in [0.15, 0.2) is 0 Å². The molecule has 0 aliphatic carbocycles. The Morgan fingerprint density at radius 2 is 2.21 bits per heavy atom. The third-order valence-electron chi connectivity index (χ3n) is 1.76. The molecule has 0 radical (unpaired) electrons. The zero-order chi connectivity index (χ0) is 10.7. The Bertz CT molecular complexity index is 357. The van der Waals surface area contributed by atoms with Crippen LogP contribution in [0.15, 0.2) is 18.2 Å². The van der Waals surface area contributed by atoms with Gasteiger partial charge in [0.05, 0.1) is 5.69 Å². The van der Waals surface area contributed by atoms with E-state index in [-0.39, 0.29) is 17.5 Å². The van der Waals surface area contributed by atoms with Crippen molar-refractivity contribution in [1.29, 1.82) is 0 Å². The van der Waals surface area contributed by atoms with Gasteiger partial charge in [0.1, 0.15) is 11.7 Å². The lowest BCUT2D eigenvalue weighted by Gasteiger charge is -2.16. The Morgan fingerprint density at radius 1 is 1.57 bits per heavy atom. The van der Waals surface area contributed by atoms with Gasteiger partial charge in [-0.2, -0.15) is 0 Å². The van der Waals surface area contributed by atoms with E-state index in [1.54, 1.807) is 0 Å². The van der Waals surface area contributed by atoms with E-state index in [1.807, 2.05) is 0 Å². The number of carbonyl (C=O) groups excluding carboxylic acids is 1. The number of amides is 1. The standard InChI is InChI=1S/C9H8Cl2FNO/c1-13(9(14)5-10)8-4-6(11)2-3-7(8)12/h2-4H,5H2,1H3. The van der Waals surface area contributed by atoms with Crippen LogP contribution in [-0.4, -0.2) is 18.8 Å². The zero-order valence-electron chi connectivity index (χ0n) is 7.43. The van der Waals surface area contributed by atoms with Gasteiger partial charge >= 0.3 is 0 Å². The molecule has 2 nitrogen and oxygen atoms in total. The molecule has 1 aromatic rings. The Balaban J connectivity index is 3.05. The number of anilines is 1. The average Bonchev–Trinajstić information content (AvgIpc) is 2.19. The number of hydrogen-bond donors (Lipinski definition) is 0. The second kappa shape index (κ2) is 4.62. The van der Waals surface area contributed by atoms with Gasteiger partial charge in [0, 0.05) is 12.1 Å². The minimum absolute atomic E-state index is 0.128. The highest BCUT2D eigenvalue weighted by molar-refractivity contribution is 6.31. The molecule has 0 aliphatic heterocycles. The van der Waals surface area contributed by atoms with Gasteiger partial charge in [-0.1, -0.05) is 11.6 Å². The van der Waals surface area contributed by atoms with Crippen molar-refractivity contribution in [3.63, 3.8) is 0 Å². The molecule has 1 rings (SSSR count). The first-order valence-electron chi connectivity index (χ1n) is 3.84. The van der Waals surface area contributed by atoms with Crippen molar-refractivity contribution in [1.82, 2.24) is 0 Å². The number of hydrogen-bond acceptors (Lipinski definition) is 1. The number of carbonyl (C=O) groups is 1. The number of halogens is 3. The van der Waals surface area contributed by atoms with Gasteiger partial charge in [-0.15, -0.1) is 11.6 Å². The molecule has 0 atom stereocenters. The summed E-state index contributed by atoms with van der Waals surface area (Å²) < 4.78 is 13.2. The van der Waals surface area contributed by atoms with Crippen LogP contribution in [0, 0.1) is 5.82 Å². The third-order valence-corrected chi connectivity index (χ3v) is 2.22. The van der Waals surface area contributed by atoms with Crippen molar-refractivity contribution in [3.8, 4) is 0 Å². The van der Waals surface area contributed by atoms with Crippen LogP contribution in [0.25, 0.3) is 0 Å². The molecule has 5 heteroatoms. The predicted octanol–water partition coefficient (Wildman–Crippen LogP) is 2.68. The lowest BCUT2D eigenvalue weighted by Crippen LogP contribution is -2.28. The van der Waals surface area contributed by atoms with Gasteiger partial charge in [-0.25, -0.2) is 4.39 Å². The first-order valence-corrected chi connectivity index (χ1v) is 4.75. The lowest BCUT2D eigenvalue weighted by molar-refractivity contribution is -0.116. The van der Waals surface area contributed by atoms with Crippen molar-refractivity contribution >= 4 is 34.8 Å². The summed E-state index contributed by atoms with van der Waals surface area (Å²) in [6, 6.07) is 4.00. The van der Waals surface area contributed by atoms with Gasteiger partial charge in [-0.3, -0.25) is 4.79 Å². The highest BCUT2D eigenvalue weighted by atomic mass is 35.5. The van der Waals surface area contributed by atoms with Crippen LogP contribution in [0.4, 0.5) is 10.1 Å². The van der Waals surface area contributed by atoms with Crippen molar-refractivity contribution in [3.05, 3.63) is 29.0 Å². The summed E-state index contributed by atoms with van der Waals surface area (Å²) >= 11 is 11.0. The van der Waals surface area contributed by atoms with Crippen LogP contribution >= 0.6 is 23.2 Å². The number of nitrogens with zero attached hydrogens (tertiary/aromatic N) is 1. The van der Waals surface area contributed by atoms with Crippen LogP contribution in [0.5, 0.6) is 0 Å². The van der Waals surface area contributed by atoms with Gasteiger partial charge in [0.25, 0.3) is 0 Å². The predicted molar refractivity (Wildman–Crippen MR) is 55.5 cm³/mol. The maximum absolute atomic E-state index is 13.2. The molecule has 0 unspecified atom stereocenters. The van der Waals surface area contributed by atoms with E-state index >= 15 is 0 Å². The fourth-order valence-electron chi connectivity index (χ4n) is 0.967. The number of benzene rings is 1. The van der Waals surface area contributed by atoms with E-state index < -0.39 is 5.82 Å². The Morgan fingerprint density at radius 3 is 2.79 bits per heavy atom. The van der Waals surface area contributed by atoms with Crippen LogP contribution in [-0.2, 0) is 4.79 Å². The topological polar surface area (TPSA) is 20.3 Å². The monoisotopic (exact) mass is 235 g/mol. The lowest BCUT2D eigenvalue weighted by atomic mass is 10.3. The second-order valence-corrected chi connectivity index (χ2v) is 3.39.